The molecule has 7 nitrogen and oxygen atoms in total. The van der Waals surface area contributed by atoms with E-state index in [1.54, 1.807) is 16.8 Å². The molecule has 1 N–H and O–H groups in total. The van der Waals surface area contributed by atoms with Crippen molar-refractivity contribution in [2.45, 2.75) is 58.2 Å². The number of amides is 3. The Labute approximate surface area is 179 Å². The second kappa shape index (κ2) is 9.25. The maximum atomic E-state index is 13.0. The van der Waals surface area contributed by atoms with Gasteiger partial charge in [-0.15, -0.1) is 0 Å². The molecule has 3 amide bonds. The van der Waals surface area contributed by atoms with Crippen molar-refractivity contribution in [3.63, 3.8) is 0 Å². The largest absolute Gasteiger partial charge is 0.491 e. The van der Waals surface area contributed by atoms with E-state index in [4.69, 9.17) is 4.74 Å². The van der Waals surface area contributed by atoms with Crippen LogP contribution in [0.15, 0.2) is 24.3 Å². The van der Waals surface area contributed by atoms with Gasteiger partial charge in [-0.1, -0.05) is 6.92 Å². The Morgan fingerprint density at radius 2 is 1.87 bits per heavy atom. The van der Waals surface area contributed by atoms with Crippen molar-refractivity contribution in [3.05, 3.63) is 24.3 Å². The lowest BCUT2D eigenvalue weighted by Crippen LogP contribution is -2.44. The molecule has 2 aliphatic heterocycles. The molecule has 0 bridgehead atoms. The molecular weight excluding hydrogens is 382 g/mol. The summed E-state index contributed by atoms with van der Waals surface area (Å²) in [4.78, 5) is 30.3. The molecule has 2 aliphatic rings. The van der Waals surface area contributed by atoms with Gasteiger partial charge in [-0.2, -0.15) is 0 Å². The van der Waals surface area contributed by atoms with Crippen molar-refractivity contribution in [3.8, 4) is 5.75 Å². The van der Waals surface area contributed by atoms with Crippen molar-refractivity contribution in [1.82, 2.24) is 9.80 Å². The van der Waals surface area contributed by atoms with E-state index in [-0.39, 0.29) is 24.0 Å². The molecule has 0 radical (unpaired) electrons. The quantitative estimate of drug-likeness (QED) is 0.670. The average molecular weight is 418 g/mol. The predicted molar refractivity (Wildman–Crippen MR) is 117 cm³/mol. The van der Waals surface area contributed by atoms with E-state index in [0.29, 0.717) is 45.4 Å². The predicted octanol–water partition coefficient (Wildman–Crippen LogP) is 3.12. The molecule has 2 saturated heterocycles. The van der Waals surface area contributed by atoms with Gasteiger partial charge in [-0.25, -0.2) is 4.79 Å². The number of anilines is 1. The van der Waals surface area contributed by atoms with Crippen LogP contribution in [0.4, 0.5) is 10.5 Å². The van der Waals surface area contributed by atoms with Crippen LogP contribution in [0.2, 0.25) is 0 Å². The molecule has 0 aromatic heterocycles. The van der Waals surface area contributed by atoms with Gasteiger partial charge in [-0.05, 0) is 63.8 Å². The molecule has 2 unspecified atom stereocenters. The van der Waals surface area contributed by atoms with Gasteiger partial charge in [0.25, 0.3) is 0 Å². The molecule has 166 valence electrons. The fraction of sp³-hybridized carbons (Fsp3) is 0.652. The molecule has 30 heavy (non-hydrogen) atoms. The summed E-state index contributed by atoms with van der Waals surface area (Å²) in [5.74, 6) is 0.821. The maximum Gasteiger partial charge on any atom is 0.319 e. The van der Waals surface area contributed by atoms with Crippen LogP contribution in [-0.2, 0) is 4.79 Å². The number of hydrogen-bond acceptors (Lipinski definition) is 4. The number of ether oxygens (including phenoxy) is 1. The van der Waals surface area contributed by atoms with Gasteiger partial charge in [0.2, 0.25) is 5.91 Å². The topological polar surface area (TPSA) is 73.3 Å². The van der Waals surface area contributed by atoms with Crippen LogP contribution in [0.5, 0.6) is 5.75 Å². The number of likely N-dealkylation sites (N-methyl/N-ethyl adjacent to an activating group) is 1. The minimum Gasteiger partial charge on any atom is -0.491 e. The van der Waals surface area contributed by atoms with Crippen LogP contribution >= 0.6 is 0 Å². The van der Waals surface area contributed by atoms with Gasteiger partial charge in [0.1, 0.15) is 5.75 Å². The van der Waals surface area contributed by atoms with Gasteiger partial charge < -0.3 is 24.5 Å². The first-order chi connectivity index (χ1) is 14.2. The first kappa shape index (κ1) is 22.4. The summed E-state index contributed by atoms with van der Waals surface area (Å²) in [6.07, 6.45) is 2.60. The summed E-state index contributed by atoms with van der Waals surface area (Å²) in [6.45, 7) is 8.26. The zero-order valence-corrected chi connectivity index (χ0v) is 18.6. The van der Waals surface area contributed by atoms with E-state index in [2.05, 4.69) is 0 Å². The SMILES string of the molecule is CCC(O)(CCC1CCN(c2ccc(OC(C)C)cc2)C1=O)CN1CCN(C)C1=O. The second-order valence-corrected chi connectivity index (χ2v) is 8.88. The molecule has 2 heterocycles. The smallest absolute Gasteiger partial charge is 0.319 e. The van der Waals surface area contributed by atoms with E-state index in [0.717, 1.165) is 17.9 Å². The van der Waals surface area contributed by atoms with Crippen molar-refractivity contribution in [2.75, 3.05) is 38.1 Å². The molecule has 3 rings (SSSR count). The number of benzene rings is 1. The van der Waals surface area contributed by atoms with Crippen molar-refractivity contribution in [1.29, 1.82) is 0 Å². The Kier molecular flexibility index (Phi) is 6.91. The fourth-order valence-electron chi connectivity index (χ4n) is 4.26. The fourth-order valence-corrected chi connectivity index (χ4v) is 4.26. The van der Waals surface area contributed by atoms with E-state index in [9.17, 15) is 14.7 Å². The van der Waals surface area contributed by atoms with Crippen LogP contribution in [0.1, 0.15) is 46.5 Å². The van der Waals surface area contributed by atoms with Crippen LogP contribution in [0.25, 0.3) is 0 Å². The highest BCUT2D eigenvalue weighted by Crippen LogP contribution is 2.32. The molecule has 1 aromatic carbocycles. The van der Waals surface area contributed by atoms with Gasteiger partial charge >= 0.3 is 6.03 Å². The van der Waals surface area contributed by atoms with Crippen molar-refractivity contribution >= 4 is 17.6 Å². The Hall–Kier alpha value is -2.28. The third-order valence-electron chi connectivity index (χ3n) is 6.24. The number of nitrogens with zero attached hydrogens (tertiary/aromatic N) is 3. The Balaban J connectivity index is 1.56. The number of aliphatic hydroxyl groups is 1. The number of hydrogen-bond donors (Lipinski definition) is 1. The number of β-amino-alcohol motifs (C(OH)–C–C–N with tert-alkyl or cyclic N) is 1. The summed E-state index contributed by atoms with van der Waals surface area (Å²) >= 11 is 0. The van der Waals surface area contributed by atoms with Gasteiger partial charge in [0.15, 0.2) is 0 Å². The van der Waals surface area contributed by atoms with E-state index >= 15 is 0 Å². The van der Waals surface area contributed by atoms with Gasteiger partial charge in [-0.3, -0.25) is 4.79 Å². The monoisotopic (exact) mass is 417 g/mol. The zero-order valence-electron chi connectivity index (χ0n) is 18.6. The molecular formula is C23H35N3O4. The molecule has 2 fully saturated rings. The van der Waals surface area contributed by atoms with Crippen LogP contribution in [0.3, 0.4) is 0 Å². The van der Waals surface area contributed by atoms with Crippen LogP contribution in [0, 0.1) is 5.92 Å². The number of urea groups is 1. The van der Waals surface area contributed by atoms with E-state index in [1.165, 1.54) is 0 Å². The third-order valence-corrected chi connectivity index (χ3v) is 6.24. The second-order valence-electron chi connectivity index (χ2n) is 8.88. The van der Waals surface area contributed by atoms with Gasteiger partial charge in [0, 0.05) is 38.3 Å². The zero-order chi connectivity index (χ0) is 21.9. The van der Waals surface area contributed by atoms with Crippen LogP contribution < -0.4 is 9.64 Å². The molecule has 0 aliphatic carbocycles. The lowest BCUT2D eigenvalue weighted by molar-refractivity contribution is -0.120. The Bertz CT molecular complexity index is 751. The number of carbonyl (C=O) groups excluding carboxylic acids is 2. The highest BCUT2D eigenvalue weighted by atomic mass is 16.5. The maximum absolute atomic E-state index is 13.0. The molecule has 2 atom stereocenters. The molecule has 0 saturated carbocycles. The molecule has 7 heteroatoms. The highest BCUT2D eigenvalue weighted by Gasteiger charge is 2.37. The first-order valence-corrected chi connectivity index (χ1v) is 11.0. The highest BCUT2D eigenvalue weighted by molar-refractivity contribution is 5.97. The van der Waals surface area contributed by atoms with E-state index in [1.807, 2.05) is 49.9 Å². The molecule has 0 spiro atoms. The minimum atomic E-state index is -0.954. The Morgan fingerprint density at radius 3 is 2.43 bits per heavy atom. The van der Waals surface area contributed by atoms with Crippen molar-refractivity contribution < 1.29 is 19.4 Å². The lowest BCUT2D eigenvalue weighted by Gasteiger charge is -2.32. The lowest BCUT2D eigenvalue weighted by atomic mass is 9.89. The third kappa shape index (κ3) is 5.06. The molecule has 1 aromatic rings. The summed E-state index contributed by atoms with van der Waals surface area (Å²) in [6, 6.07) is 7.62. The van der Waals surface area contributed by atoms with Crippen molar-refractivity contribution in [2.24, 2.45) is 5.92 Å². The number of carbonyl (C=O) groups is 2. The van der Waals surface area contributed by atoms with Gasteiger partial charge in [0.05, 0.1) is 18.2 Å². The minimum absolute atomic E-state index is 0.0325. The summed E-state index contributed by atoms with van der Waals surface area (Å²) in [7, 11) is 1.78. The first-order valence-electron chi connectivity index (χ1n) is 11.0. The standard InChI is InChI=1S/C23H35N3O4/c1-5-23(29,16-25-15-14-24(4)22(25)28)12-10-18-11-13-26(21(18)27)19-6-8-20(9-7-19)30-17(2)3/h6-9,17-18,29H,5,10-16H2,1-4H3. The summed E-state index contributed by atoms with van der Waals surface area (Å²) in [5.41, 5.74) is -0.0697. The Morgan fingerprint density at radius 1 is 1.17 bits per heavy atom. The normalized spacial score (nSPS) is 21.7. The number of rotatable bonds is 9. The average Bonchev–Trinajstić information content (AvgIpc) is 3.23. The van der Waals surface area contributed by atoms with E-state index < -0.39 is 5.60 Å². The summed E-state index contributed by atoms with van der Waals surface area (Å²) in [5, 5.41) is 11.1. The van der Waals surface area contributed by atoms with Crippen LogP contribution in [-0.4, -0.2) is 71.8 Å². The summed E-state index contributed by atoms with van der Waals surface area (Å²) < 4.78 is 5.67.